The molecule has 0 bridgehead atoms. The molecule has 1 N–H and O–H groups in total. The van der Waals surface area contributed by atoms with Gasteiger partial charge in [-0.3, -0.25) is 4.79 Å². The Hall–Kier alpha value is -2.27. The van der Waals surface area contributed by atoms with E-state index < -0.39 is 0 Å². The van der Waals surface area contributed by atoms with Crippen LogP contribution < -0.4 is 10.2 Å². The summed E-state index contributed by atoms with van der Waals surface area (Å²) in [5.74, 6) is 0.124. The molecular weight excluding hydrogens is 302 g/mol. The van der Waals surface area contributed by atoms with Gasteiger partial charge in [0.1, 0.15) is 5.75 Å². The summed E-state index contributed by atoms with van der Waals surface area (Å²) in [6, 6.07) is 9.00. The maximum atomic E-state index is 11.7. The molecule has 0 spiro atoms. The third-order valence-electron chi connectivity index (χ3n) is 3.40. The lowest BCUT2D eigenvalue weighted by atomic mass is 10.3. The van der Waals surface area contributed by atoms with E-state index >= 15 is 0 Å². The van der Waals surface area contributed by atoms with E-state index in [9.17, 15) is 4.79 Å². The average molecular weight is 320 g/mol. The molecule has 0 atom stereocenters. The average Bonchev–Trinajstić information content (AvgIpc) is 2.74. The molecule has 1 aromatic heterocycles. The van der Waals surface area contributed by atoms with Crippen LogP contribution in [0, 0.1) is 13.8 Å². The minimum absolute atomic E-state index is 0.145. The van der Waals surface area contributed by atoms with Gasteiger partial charge in [-0.1, -0.05) is 23.7 Å². The Morgan fingerprint density at radius 1 is 1.41 bits per heavy atom. The number of benzene rings is 1. The van der Waals surface area contributed by atoms with Crippen LogP contribution >= 0.6 is 11.6 Å². The molecule has 22 heavy (non-hydrogen) atoms. The number of hydrazone groups is 1. The third kappa shape index (κ3) is 3.89. The molecule has 2 aromatic rings. The van der Waals surface area contributed by atoms with Gasteiger partial charge in [-0.25, -0.2) is 5.43 Å². The quantitative estimate of drug-likeness (QED) is 0.680. The van der Waals surface area contributed by atoms with Crippen LogP contribution in [0.15, 0.2) is 35.4 Å². The maximum absolute atomic E-state index is 11.7. The number of rotatable bonds is 5. The predicted molar refractivity (Wildman–Crippen MR) is 87.6 cm³/mol. The van der Waals surface area contributed by atoms with Gasteiger partial charge < -0.3 is 9.30 Å². The molecule has 0 aliphatic heterocycles. The van der Waals surface area contributed by atoms with Gasteiger partial charge in [-0.05, 0) is 32.0 Å². The zero-order valence-corrected chi connectivity index (χ0v) is 13.5. The highest BCUT2D eigenvalue weighted by molar-refractivity contribution is 6.32. The SMILES string of the molecule is Cc1cc(/C=N/NC(=O)COc2ccccc2Cl)c(C)n1C. The highest BCUT2D eigenvalue weighted by atomic mass is 35.5. The fourth-order valence-electron chi connectivity index (χ4n) is 1.93. The van der Waals surface area contributed by atoms with E-state index in [1.54, 1.807) is 30.5 Å². The van der Waals surface area contributed by atoms with E-state index in [1.165, 1.54) is 0 Å². The second-order valence-electron chi connectivity index (χ2n) is 4.90. The number of aryl methyl sites for hydroxylation is 1. The molecule has 1 heterocycles. The number of amides is 1. The van der Waals surface area contributed by atoms with E-state index in [4.69, 9.17) is 16.3 Å². The van der Waals surface area contributed by atoms with Gasteiger partial charge in [0.25, 0.3) is 5.91 Å². The molecule has 1 aromatic carbocycles. The molecule has 1 amide bonds. The van der Waals surface area contributed by atoms with Crippen LogP contribution in [-0.2, 0) is 11.8 Å². The van der Waals surface area contributed by atoms with Crippen molar-refractivity contribution in [3.8, 4) is 5.75 Å². The van der Waals surface area contributed by atoms with E-state index in [0.29, 0.717) is 10.8 Å². The zero-order chi connectivity index (χ0) is 16.1. The van der Waals surface area contributed by atoms with Crippen LogP contribution in [0.2, 0.25) is 5.02 Å². The van der Waals surface area contributed by atoms with Crippen molar-refractivity contribution in [2.75, 3.05) is 6.61 Å². The zero-order valence-electron chi connectivity index (χ0n) is 12.8. The first kappa shape index (κ1) is 16.1. The van der Waals surface area contributed by atoms with Crippen LogP contribution in [0.4, 0.5) is 0 Å². The van der Waals surface area contributed by atoms with Crippen molar-refractivity contribution in [3.63, 3.8) is 0 Å². The van der Waals surface area contributed by atoms with Crippen molar-refractivity contribution in [2.24, 2.45) is 12.1 Å². The van der Waals surface area contributed by atoms with Crippen molar-refractivity contribution in [3.05, 3.63) is 52.3 Å². The summed E-state index contributed by atoms with van der Waals surface area (Å²) in [5, 5.41) is 4.41. The van der Waals surface area contributed by atoms with Gasteiger partial charge >= 0.3 is 0 Å². The highest BCUT2D eigenvalue weighted by Gasteiger charge is 2.05. The number of para-hydroxylation sites is 1. The molecule has 0 aliphatic carbocycles. The lowest BCUT2D eigenvalue weighted by Gasteiger charge is -2.06. The summed E-state index contributed by atoms with van der Waals surface area (Å²) in [4.78, 5) is 11.7. The Morgan fingerprint density at radius 2 is 2.14 bits per heavy atom. The molecule has 6 heteroatoms. The molecule has 5 nitrogen and oxygen atoms in total. The van der Waals surface area contributed by atoms with Crippen LogP contribution in [0.5, 0.6) is 5.75 Å². The van der Waals surface area contributed by atoms with Crippen molar-refractivity contribution in [1.82, 2.24) is 9.99 Å². The molecule has 0 radical (unpaired) electrons. The number of aromatic nitrogens is 1. The summed E-state index contributed by atoms with van der Waals surface area (Å²) in [7, 11) is 1.98. The van der Waals surface area contributed by atoms with Crippen molar-refractivity contribution in [1.29, 1.82) is 0 Å². The van der Waals surface area contributed by atoms with Crippen molar-refractivity contribution >= 4 is 23.7 Å². The smallest absolute Gasteiger partial charge is 0.277 e. The van der Waals surface area contributed by atoms with Crippen LogP contribution in [-0.4, -0.2) is 23.3 Å². The predicted octanol–water partition coefficient (Wildman–Crippen LogP) is 2.82. The number of nitrogens with one attached hydrogen (secondary N) is 1. The number of carbonyl (C=O) groups excluding carboxylic acids is 1. The normalized spacial score (nSPS) is 10.9. The Balaban J connectivity index is 1.86. The summed E-state index contributed by atoms with van der Waals surface area (Å²) in [6.45, 7) is 3.87. The number of nitrogens with zero attached hydrogens (tertiary/aromatic N) is 2. The number of hydrogen-bond acceptors (Lipinski definition) is 3. The summed E-state index contributed by atoms with van der Waals surface area (Å²) in [6.07, 6.45) is 1.62. The molecule has 0 fully saturated rings. The Kier molecular flexibility index (Phi) is 5.22. The number of hydrogen-bond donors (Lipinski definition) is 1. The second-order valence-corrected chi connectivity index (χ2v) is 5.30. The lowest BCUT2D eigenvalue weighted by molar-refractivity contribution is -0.123. The third-order valence-corrected chi connectivity index (χ3v) is 3.71. The molecule has 0 saturated heterocycles. The first-order chi connectivity index (χ1) is 10.5. The van der Waals surface area contributed by atoms with Crippen molar-refractivity contribution in [2.45, 2.75) is 13.8 Å². The van der Waals surface area contributed by atoms with Crippen LogP contribution in [0.3, 0.4) is 0 Å². The monoisotopic (exact) mass is 319 g/mol. The van der Waals surface area contributed by atoms with E-state index in [0.717, 1.165) is 17.0 Å². The van der Waals surface area contributed by atoms with Crippen LogP contribution in [0.1, 0.15) is 17.0 Å². The maximum Gasteiger partial charge on any atom is 0.277 e. The summed E-state index contributed by atoms with van der Waals surface area (Å²) in [5.41, 5.74) is 5.61. The Bertz CT molecular complexity index is 707. The van der Waals surface area contributed by atoms with Gasteiger partial charge in [0.05, 0.1) is 11.2 Å². The molecule has 0 aliphatic rings. The van der Waals surface area contributed by atoms with E-state index in [-0.39, 0.29) is 12.5 Å². The van der Waals surface area contributed by atoms with Crippen LogP contribution in [0.25, 0.3) is 0 Å². The van der Waals surface area contributed by atoms with Gasteiger partial charge in [-0.2, -0.15) is 5.10 Å². The molecule has 2 rings (SSSR count). The van der Waals surface area contributed by atoms with Crippen molar-refractivity contribution < 1.29 is 9.53 Å². The Labute approximate surface area is 134 Å². The first-order valence-corrected chi connectivity index (χ1v) is 7.19. The lowest BCUT2D eigenvalue weighted by Crippen LogP contribution is -2.24. The number of carbonyl (C=O) groups is 1. The minimum atomic E-state index is -0.346. The van der Waals surface area contributed by atoms with Gasteiger partial charge in [-0.15, -0.1) is 0 Å². The Morgan fingerprint density at radius 3 is 2.77 bits per heavy atom. The molecule has 116 valence electrons. The molecule has 0 unspecified atom stereocenters. The van der Waals surface area contributed by atoms with Gasteiger partial charge in [0, 0.05) is 24.0 Å². The van der Waals surface area contributed by atoms with Gasteiger partial charge in [0.15, 0.2) is 6.61 Å². The summed E-state index contributed by atoms with van der Waals surface area (Å²) < 4.78 is 7.39. The van der Waals surface area contributed by atoms with E-state index in [1.807, 2.05) is 27.0 Å². The fraction of sp³-hybridized carbons (Fsp3) is 0.250. The highest BCUT2D eigenvalue weighted by Crippen LogP contribution is 2.22. The second kappa shape index (κ2) is 7.13. The summed E-state index contributed by atoms with van der Waals surface area (Å²) >= 11 is 5.94. The molecule has 0 saturated carbocycles. The number of halogens is 1. The molecular formula is C16H18ClN3O2. The fourth-order valence-corrected chi connectivity index (χ4v) is 2.12. The standard InChI is InChI=1S/C16H18ClN3O2/c1-11-8-13(12(2)20(11)3)9-18-19-16(21)10-22-15-7-5-4-6-14(15)17/h4-9H,10H2,1-3H3,(H,19,21)/b18-9+. The minimum Gasteiger partial charge on any atom is -0.482 e. The van der Waals surface area contributed by atoms with E-state index in [2.05, 4.69) is 15.1 Å². The topological polar surface area (TPSA) is 55.6 Å². The largest absolute Gasteiger partial charge is 0.482 e. The number of ether oxygens (including phenoxy) is 1. The first-order valence-electron chi connectivity index (χ1n) is 6.81. The van der Waals surface area contributed by atoms with Gasteiger partial charge in [0.2, 0.25) is 0 Å².